The Kier molecular flexibility index (Phi) is 4.51. The zero-order valence-corrected chi connectivity index (χ0v) is 17.8. The van der Waals surface area contributed by atoms with Crippen molar-refractivity contribution in [3.8, 4) is 17.0 Å². The standard InChI is InChI=1S/C22H21N5O2S/c1-12(2)27-20-16(10-23-27)9-17(13(3)24-20)21(28)26-22-25-18(11-30-22)14-4-5-19-15(8-14)6-7-29-19/h4-5,8-12H,6-7H2,1-3H3,(H,25,26,28). The van der Waals surface area contributed by atoms with E-state index in [2.05, 4.69) is 40.3 Å². The third-order valence-electron chi connectivity index (χ3n) is 5.20. The summed E-state index contributed by atoms with van der Waals surface area (Å²) in [6.45, 7) is 6.67. The molecule has 0 fully saturated rings. The zero-order valence-electron chi connectivity index (χ0n) is 17.0. The molecule has 1 aliphatic heterocycles. The van der Waals surface area contributed by atoms with Gasteiger partial charge in [-0.15, -0.1) is 11.3 Å². The second-order valence-corrected chi connectivity index (χ2v) is 8.49. The van der Waals surface area contributed by atoms with Crippen LogP contribution in [0.4, 0.5) is 5.13 Å². The van der Waals surface area contributed by atoms with Gasteiger partial charge in [-0.3, -0.25) is 10.1 Å². The Morgan fingerprint density at radius 2 is 2.13 bits per heavy atom. The molecule has 0 radical (unpaired) electrons. The molecule has 152 valence electrons. The first-order valence-electron chi connectivity index (χ1n) is 9.87. The van der Waals surface area contributed by atoms with Gasteiger partial charge in [-0.2, -0.15) is 5.10 Å². The smallest absolute Gasteiger partial charge is 0.259 e. The summed E-state index contributed by atoms with van der Waals surface area (Å²) in [6, 6.07) is 8.13. The highest BCUT2D eigenvalue weighted by Crippen LogP contribution is 2.32. The van der Waals surface area contributed by atoms with E-state index in [-0.39, 0.29) is 11.9 Å². The van der Waals surface area contributed by atoms with Gasteiger partial charge in [0.1, 0.15) is 5.75 Å². The molecule has 7 nitrogen and oxygen atoms in total. The van der Waals surface area contributed by atoms with Crippen LogP contribution in [0.2, 0.25) is 0 Å². The van der Waals surface area contributed by atoms with Crippen LogP contribution >= 0.6 is 11.3 Å². The number of pyridine rings is 1. The van der Waals surface area contributed by atoms with Crippen molar-refractivity contribution in [3.05, 3.63) is 52.7 Å². The van der Waals surface area contributed by atoms with Gasteiger partial charge in [-0.05, 0) is 50.6 Å². The predicted molar refractivity (Wildman–Crippen MR) is 117 cm³/mol. The van der Waals surface area contributed by atoms with Crippen LogP contribution in [-0.2, 0) is 6.42 Å². The van der Waals surface area contributed by atoms with E-state index < -0.39 is 0 Å². The normalized spacial score (nSPS) is 12.9. The van der Waals surface area contributed by atoms with Crippen LogP contribution in [0.15, 0.2) is 35.8 Å². The highest BCUT2D eigenvalue weighted by molar-refractivity contribution is 7.14. The lowest BCUT2D eigenvalue weighted by Gasteiger charge is -2.09. The van der Waals surface area contributed by atoms with Gasteiger partial charge in [-0.25, -0.2) is 14.6 Å². The highest BCUT2D eigenvalue weighted by Gasteiger charge is 2.18. The molecule has 30 heavy (non-hydrogen) atoms. The van der Waals surface area contributed by atoms with E-state index in [1.165, 1.54) is 16.9 Å². The maximum atomic E-state index is 12.9. The molecule has 3 aromatic heterocycles. The zero-order chi connectivity index (χ0) is 20.8. The Balaban J connectivity index is 1.39. The number of carbonyl (C=O) groups excluding carboxylic acids is 1. The molecule has 0 atom stereocenters. The van der Waals surface area contributed by atoms with E-state index >= 15 is 0 Å². The minimum atomic E-state index is -0.220. The van der Waals surface area contributed by atoms with Gasteiger partial charge < -0.3 is 4.74 Å². The van der Waals surface area contributed by atoms with Crippen molar-refractivity contribution in [3.63, 3.8) is 0 Å². The van der Waals surface area contributed by atoms with Crippen molar-refractivity contribution in [1.82, 2.24) is 19.7 Å². The fraction of sp³-hybridized carbons (Fsp3) is 0.273. The lowest BCUT2D eigenvalue weighted by atomic mass is 10.1. The lowest BCUT2D eigenvalue weighted by molar-refractivity contribution is 0.102. The summed E-state index contributed by atoms with van der Waals surface area (Å²) in [4.78, 5) is 22.1. The second kappa shape index (κ2) is 7.21. The number of aromatic nitrogens is 4. The van der Waals surface area contributed by atoms with Crippen LogP contribution in [-0.4, -0.2) is 32.3 Å². The molecule has 5 rings (SSSR count). The summed E-state index contributed by atoms with van der Waals surface area (Å²) in [7, 11) is 0. The lowest BCUT2D eigenvalue weighted by Crippen LogP contribution is -2.14. The molecule has 8 heteroatoms. The van der Waals surface area contributed by atoms with E-state index in [1.54, 1.807) is 6.20 Å². The Hall–Kier alpha value is -3.26. The minimum absolute atomic E-state index is 0.202. The maximum absolute atomic E-state index is 12.9. The van der Waals surface area contributed by atoms with Crippen LogP contribution in [0.5, 0.6) is 5.75 Å². The number of carbonyl (C=O) groups is 1. The maximum Gasteiger partial charge on any atom is 0.259 e. The number of hydrogen-bond acceptors (Lipinski definition) is 6. The van der Waals surface area contributed by atoms with Gasteiger partial charge in [0.05, 0.1) is 29.8 Å². The number of fused-ring (bicyclic) bond motifs is 2. The number of nitrogens with one attached hydrogen (secondary N) is 1. The number of amides is 1. The molecule has 0 saturated carbocycles. The van der Waals surface area contributed by atoms with Crippen molar-refractivity contribution in [2.24, 2.45) is 0 Å². The summed E-state index contributed by atoms with van der Waals surface area (Å²) in [5.41, 5.74) is 5.04. The van der Waals surface area contributed by atoms with E-state index in [0.717, 1.165) is 41.1 Å². The number of anilines is 1. The molecule has 1 N–H and O–H groups in total. The van der Waals surface area contributed by atoms with Gasteiger partial charge in [0.25, 0.3) is 5.91 Å². The first kappa shape index (κ1) is 18.7. The van der Waals surface area contributed by atoms with Crippen LogP contribution in [0.25, 0.3) is 22.3 Å². The quantitative estimate of drug-likeness (QED) is 0.521. The van der Waals surface area contributed by atoms with Crippen LogP contribution in [0, 0.1) is 6.92 Å². The average molecular weight is 420 g/mol. The molecular formula is C22H21N5O2S. The number of rotatable bonds is 4. The van der Waals surface area contributed by atoms with E-state index in [0.29, 0.717) is 16.4 Å². The summed E-state index contributed by atoms with van der Waals surface area (Å²) in [5.74, 6) is 0.726. The molecule has 0 spiro atoms. The van der Waals surface area contributed by atoms with Gasteiger partial charge in [-0.1, -0.05) is 0 Å². The van der Waals surface area contributed by atoms with E-state index in [1.807, 2.05) is 35.2 Å². The Morgan fingerprint density at radius 1 is 1.27 bits per heavy atom. The van der Waals surface area contributed by atoms with E-state index in [9.17, 15) is 4.79 Å². The third kappa shape index (κ3) is 3.23. The molecular weight excluding hydrogens is 398 g/mol. The van der Waals surface area contributed by atoms with Crippen molar-refractivity contribution < 1.29 is 9.53 Å². The van der Waals surface area contributed by atoms with Gasteiger partial charge in [0, 0.05) is 28.8 Å². The average Bonchev–Trinajstić information content (AvgIpc) is 3.45. The second-order valence-electron chi connectivity index (χ2n) is 7.63. The summed E-state index contributed by atoms with van der Waals surface area (Å²) in [6.07, 6.45) is 2.66. The summed E-state index contributed by atoms with van der Waals surface area (Å²) >= 11 is 1.41. The number of ether oxygens (including phenoxy) is 1. The molecule has 0 saturated heterocycles. The fourth-order valence-corrected chi connectivity index (χ4v) is 4.36. The van der Waals surface area contributed by atoms with Crippen molar-refractivity contribution >= 4 is 33.4 Å². The Morgan fingerprint density at radius 3 is 2.97 bits per heavy atom. The molecule has 0 unspecified atom stereocenters. The number of aryl methyl sites for hydroxylation is 1. The molecule has 4 heterocycles. The monoisotopic (exact) mass is 419 g/mol. The summed E-state index contributed by atoms with van der Waals surface area (Å²) < 4.78 is 7.43. The molecule has 1 aliphatic rings. The number of benzene rings is 1. The van der Waals surface area contributed by atoms with Gasteiger partial charge in [0.15, 0.2) is 10.8 Å². The third-order valence-corrected chi connectivity index (χ3v) is 5.96. The van der Waals surface area contributed by atoms with Crippen molar-refractivity contribution in [2.45, 2.75) is 33.2 Å². The molecule has 0 aliphatic carbocycles. The SMILES string of the molecule is Cc1nc2c(cnn2C(C)C)cc1C(=O)Nc1nc(-c2ccc3c(c2)CCO3)cs1. The Bertz CT molecular complexity index is 1270. The highest BCUT2D eigenvalue weighted by atomic mass is 32.1. The van der Waals surface area contributed by atoms with Crippen LogP contribution in [0.1, 0.15) is 41.5 Å². The molecule has 4 aromatic rings. The van der Waals surface area contributed by atoms with Crippen molar-refractivity contribution in [2.75, 3.05) is 11.9 Å². The van der Waals surface area contributed by atoms with Gasteiger partial charge in [0.2, 0.25) is 0 Å². The largest absolute Gasteiger partial charge is 0.493 e. The van der Waals surface area contributed by atoms with Crippen LogP contribution < -0.4 is 10.1 Å². The number of thiazole rings is 1. The topological polar surface area (TPSA) is 81.9 Å². The van der Waals surface area contributed by atoms with Crippen molar-refractivity contribution in [1.29, 1.82) is 0 Å². The molecule has 0 bridgehead atoms. The molecule has 1 aromatic carbocycles. The van der Waals surface area contributed by atoms with E-state index in [4.69, 9.17) is 4.74 Å². The first-order valence-corrected chi connectivity index (χ1v) is 10.8. The van der Waals surface area contributed by atoms with Crippen LogP contribution in [0.3, 0.4) is 0 Å². The fourth-order valence-electron chi connectivity index (χ4n) is 3.65. The first-order chi connectivity index (χ1) is 14.5. The number of nitrogens with zero attached hydrogens (tertiary/aromatic N) is 4. The van der Waals surface area contributed by atoms with Gasteiger partial charge >= 0.3 is 0 Å². The molecule has 1 amide bonds. The number of hydrogen-bond donors (Lipinski definition) is 1. The summed E-state index contributed by atoms with van der Waals surface area (Å²) in [5, 5.41) is 10.7. The predicted octanol–water partition coefficient (Wildman–Crippen LogP) is 4.63. The minimum Gasteiger partial charge on any atom is -0.493 e. The Labute approximate surface area is 177 Å².